The molecule has 0 saturated carbocycles. The number of benzene rings is 1. The van der Waals surface area contributed by atoms with Crippen LogP contribution in [0.25, 0.3) is 0 Å². The highest BCUT2D eigenvalue weighted by Crippen LogP contribution is 2.31. The number of aryl methyl sites for hydroxylation is 1. The number of nitrogens with zero attached hydrogens (tertiary/aromatic N) is 2. The molecule has 1 unspecified atom stereocenters. The second-order valence-corrected chi connectivity index (χ2v) is 7.21. The average Bonchev–Trinajstić information content (AvgIpc) is 3.07. The van der Waals surface area contributed by atoms with Crippen LogP contribution in [0.5, 0.6) is 0 Å². The molecule has 5 nitrogen and oxygen atoms in total. The van der Waals surface area contributed by atoms with Gasteiger partial charge in [-0.25, -0.2) is 12.8 Å². The summed E-state index contributed by atoms with van der Waals surface area (Å²) in [6.07, 6.45) is 2.50. The van der Waals surface area contributed by atoms with Crippen molar-refractivity contribution >= 4 is 10.0 Å². The van der Waals surface area contributed by atoms with Crippen molar-refractivity contribution in [2.24, 2.45) is 0 Å². The Balaban J connectivity index is 1.82. The first kappa shape index (κ1) is 14.2. The first-order valence-electron chi connectivity index (χ1n) is 6.74. The number of aromatic nitrogens is 2. The molecule has 1 aromatic heterocycles. The van der Waals surface area contributed by atoms with E-state index < -0.39 is 15.8 Å². The molecule has 0 bridgehead atoms. The van der Waals surface area contributed by atoms with Crippen LogP contribution in [0.1, 0.15) is 23.6 Å². The van der Waals surface area contributed by atoms with Crippen molar-refractivity contribution in [3.63, 3.8) is 0 Å². The van der Waals surface area contributed by atoms with Gasteiger partial charge in [0.1, 0.15) is 5.82 Å². The molecule has 1 aromatic carbocycles. The van der Waals surface area contributed by atoms with Crippen molar-refractivity contribution in [1.82, 2.24) is 14.5 Å². The molecule has 3 rings (SSSR count). The SMILES string of the molecule is Cc1cn[nH]c1C1CCN(S(=O)(=O)c2ccc(F)cc2)C1. The molecule has 2 heterocycles. The first-order chi connectivity index (χ1) is 9.98. The lowest BCUT2D eigenvalue weighted by molar-refractivity contribution is 0.471. The normalized spacial score (nSPS) is 20.0. The van der Waals surface area contributed by atoms with Crippen LogP contribution in [0.15, 0.2) is 35.4 Å². The van der Waals surface area contributed by atoms with Gasteiger partial charge in [-0.15, -0.1) is 0 Å². The van der Waals surface area contributed by atoms with E-state index in [0.717, 1.165) is 17.7 Å². The summed E-state index contributed by atoms with van der Waals surface area (Å²) < 4.78 is 39.4. The molecule has 0 spiro atoms. The Morgan fingerprint density at radius 2 is 2.05 bits per heavy atom. The van der Waals surface area contributed by atoms with Gasteiger partial charge in [0.2, 0.25) is 10.0 Å². The van der Waals surface area contributed by atoms with Crippen molar-refractivity contribution in [3.05, 3.63) is 47.5 Å². The number of hydrogen-bond acceptors (Lipinski definition) is 3. The van der Waals surface area contributed by atoms with Gasteiger partial charge >= 0.3 is 0 Å². The lowest BCUT2D eigenvalue weighted by Gasteiger charge is -2.16. The van der Waals surface area contributed by atoms with Gasteiger partial charge in [0.25, 0.3) is 0 Å². The van der Waals surface area contributed by atoms with Crippen molar-refractivity contribution in [1.29, 1.82) is 0 Å². The molecule has 0 aliphatic carbocycles. The lowest BCUT2D eigenvalue weighted by atomic mass is 10.0. The smallest absolute Gasteiger partial charge is 0.243 e. The molecule has 1 N–H and O–H groups in total. The number of nitrogens with one attached hydrogen (secondary N) is 1. The van der Waals surface area contributed by atoms with Crippen LogP contribution >= 0.6 is 0 Å². The molecule has 1 atom stereocenters. The molecule has 112 valence electrons. The van der Waals surface area contributed by atoms with E-state index in [2.05, 4.69) is 10.2 Å². The molecule has 1 aliphatic rings. The standard InChI is InChI=1S/C14H16FN3O2S/c1-10-8-16-17-14(10)11-6-7-18(9-11)21(19,20)13-4-2-12(15)3-5-13/h2-5,8,11H,6-7,9H2,1H3,(H,16,17). The molecule has 7 heteroatoms. The van der Waals surface area contributed by atoms with Crippen LogP contribution < -0.4 is 0 Å². The maximum atomic E-state index is 12.9. The van der Waals surface area contributed by atoms with Crippen LogP contribution in [0, 0.1) is 12.7 Å². The van der Waals surface area contributed by atoms with Crippen LogP contribution in [-0.4, -0.2) is 36.0 Å². The van der Waals surface area contributed by atoms with Gasteiger partial charge in [-0.3, -0.25) is 5.10 Å². The predicted molar refractivity (Wildman–Crippen MR) is 75.8 cm³/mol. The number of H-pyrrole nitrogens is 1. The number of halogens is 1. The molecule has 1 fully saturated rings. The monoisotopic (exact) mass is 309 g/mol. The van der Waals surface area contributed by atoms with E-state index in [9.17, 15) is 12.8 Å². The van der Waals surface area contributed by atoms with Gasteiger partial charge in [0.15, 0.2) is 0 Å². The van der Waals surface area contributed by atoms with E-state index in [-0.39, 0.29) is 10.8 Å². The second-order valence-electron chi connectivity index (χ2n) is 5.27. The number of hydrogen-bond donors (Lipinski definition) is 1. The minimum Gasteiger partial charge on any atom is -0.282 e. The topological polar surface area (TPSA) is 66.1 Å². The first-order valence-corrected chi connectivity index (χ1v) is 8.18. The fraction of sp³-hybridized carbons (Fsp3) is 0.357. The summed E-state index contributed by atoms with van der Waals surface area (Å²) in [6.45, 7) is 2.83. The highest BCUT2D eigenvalue weighted by Gasteiger charge is 2.34. The minimum absolute atomic E-state index is 0.128. The quantitative estimate of drug-likeness (QED) is 0.943. The number of sulfonamides is 1. The Morgan fingerprint density at radius 1 is 1.33 bits per heavy atom. The van der Waals surface area contributed by atoms with Crippen molar-refractivity contribution in [2.45, 2.75) is 24.2 Å². The molecule has 1 aliphatic heterocycles. The molecule has 0 radical (unpaired) electrons. The minimum atomic E-state index is -3.56. The van der Waals surface area contributed by atoms with Gasteiger partial charge in [-0.2, -0.15) is 9.40 Å². The lowest BCUT2D eigenvalue weighted by Crippen LogP contribution is -2.28. The van der Waals surface area contributed by atoms with Crippen LogP contribution in [-0.2, 0) is 10.0 Å². The van der Waals surface area contributed by atoms with Crippen molar-refractivity contribution in [2.75, 3.05) is 13.1 Å². The van der Waals surface area contributed by atoms with Gasteiger partial charge in [-0.1, -0.05) is 0 Å². The maximum Gasteiger partial charge on any atom is 0.243 e. The van der Waals surface area contributed by atoms with E-state index >= 15 is 0 Å². The number of aromatic amines is 1. The Morgan fingerprint density at radius 3 is 2.67 bits per heavy atom. The van der Waals surface area contributed by atoms with Gasteiger partial charge < -0.3 is 0 Å². The van der Waals surface area contributed by atoms with Gasteiger partial charge in [0.05, 0.1) is 11.1 Å². The Labute approximate surface area is 122 Å². The van der Waals surface area contributed by atoms with Crippen LogP contribution in [0.3, 0.4) is 0 Å². The summed E-state index contributed by atoms with van der Waals surface area (Å²) in [4.78, 5) is 0.130. The predicted octanol–water partition coefficient (Wildman–Crippen LogP) is 2.04. The zero-order chi connectivity index (χ0) is 15.0. The van der Waals surface area contributed by atoms with Gasteiger partial charge in [-0.05, 0) is 43.2 Å². The third-order valence-electron chi connectivity index (χ3n) is 3.88. The zero-order valence-electron chi connectivity index (χ0n) is 11.6. The van der Waals surface area contributed by atoms with E-state index in [1.807, 2.05) is 6.92 Å². The molecular weight excluding hydrogens is 293 g/mol. The molecule has 1 saturated heterocycles. The second kappa shape index (κ2) is 5.23. The highest BCUT2D eigenvalue weighted by molar-refractivity contribution is 7.89. The summed E-state index contributed by atoms with van der Waals surface area (Å²) in [5.41, 5.74) is 2.04. The van der Waals surface area contributed by atoms with E-state index in [4.69, 9.17) is 0 Å². The summed E-state index contributed by atoms with van der Waals surface area (Å²) in [5.74, 6) is -0.316. The van der Waals surface area contributed by atoms with E-state index in [1.54, 1.807) is 6.20 Å². The summed E-state index contributed by atoms with van der Waals surface area (Å²) >= 11 is 0. The third kappa shape index (κ3) is 2.58. The highest BCUT2D eigenvalue weighted by atomic mass is 32.2. The fourth-order valence-electron chi connectivity index (χ4n) is 2.71. The summed E-state index contributed by atoms with van der Waals surface area (Å²) in [5, 5.41) is 6.93. The van der Waals surface area contributed by atoms with E-state index in [0.29, 0.717) is 13.1 Å². The molecule has 21 heavy (non-hydrogen) atoms. The van der Waals surface area contributed by atoms with Crippen molar-refractivity contribution < 1.29 is 12.8 Å². The third-order valence-corrected chi connectivity index (χ3v) is 5.76. The van der Waals surface area contributed by atoms with Gasteiger partial charge in [0, 0.05) is 24.7 Å². The zero-order valence-corrected chi connectivity index (χ0v) is 12.4. The maximum absolute atomic E-state index is 12.9. The molecule has 0 amide bonds. The van der Waals surface area contributed by atoms with Crippen molar-refractivity contribution in [3.8, 4) is 0 Å². The fourth-order valence-corrected chi connectivity index (χ4v) is 4.21. The summed E-state index contributed by atoms with van der Waals surface area (Å²) in [6, 6.07) is 4.94. The Bertz CT molecular complexity index is 740. The average molecular weight is 309 g/mol. The summed E-state index contributed by atoms with van der Waals surface area (Å²) in [7, 11) is -3.56. The molecular formula is C14H16FN3O2S. The Hall–Kier alpha value is -1.73. The molecule has 2 aromatic rings. The van der Waals surface area contributed by atoms with Crippen LogP contribution in [0.2, 0.25) is 0 Å². The Kier molecular flexibility index (Phi) is 3.54. The van der Waals surface area contributed by atoms with Crippen LogP contribution in [0.4, 0.5) is 4.39 Å². The number of rotatable bonds is 3. The van der Waals surface area contributed by atoms with E-state index in [1.165, 1.54) is 28.6 Å². The largest absolute Gasteiger partial charge is 0.282 e.